The quantitative estimate of drug-likeness (QED) is 0.536. The molecule has 2 rings (SSSR count). The molecule has 0 aliphatic rings. The number of carbonyl (C=O) groups excluding carboxylic acids is 1. The lowest BCUT2D eigenvalue weighted by molar-refractivity contribution is -0.384. The number of nitrogens with one attached hydrogen (secondary N) is 1. The van der Waals surface area contributed by atoms with Crippen LogP contribution >= 0.6 is 11.6 Å². The molecule has 0 spiro atoms. The van der Waals surface area contributed by atoms with E-state index in [4.69, 9.17) is 11.6 Å². The summed E-state index contributed by atoms with van der Waals surface area (Å²) in [6, 6.07) is 4.33. The van der Waals surface area contributed by atoms with Crippen LogP contribution in [-0.4, -0.2) is 15.8 Å². The van der Waals surface area contributed by atoms with Gasteiger partial charge in [0.1, 0.15) is 0 Å². The van der Waals surface area contributed by atoms with E-state index < -0.39 is 28.2 Å². The Labute approximate surface area is 121 Å². The Morgan fingerprint density at radius 1 is 1.33 bits per heavy atom. The van der Waals surface area contributed by atoms with Gasteiger partial charge in [-0.15, -0.1) is 0 Å². The maximum atomic E-state index is 13.4. The lowest BCUT2D eigenvalue weighted by Gasteiger charge is -2.07. The van der Waals surface area contributed by atoms with Crippen LogP contribution in [-0.2, 0) is 0 Å². The Hall–Kier alpha value is -2.61. The Kier molecular flexibility index (Phi) is 4.08. The van der Waals surface area contributed by atoms with Gasteiger partial charge in [0.2, 0.25) is 5.95 Å². The summed E-state index contributed by atoms with van der Waals surface area (Å²) in [5, 5.41) is 12.8. The minimum absolute atomic E-state index is 0.0175. The largest absolute Gasteiger partial charge is 0.320 e. The highest BCUT2D eigenvalue weighted by Gasteiger charge is 2.18. The molecule has 1 aromatic heterocycles. The van der Waals surface area contributed by atoms with Crippen molar-refractivity contribution in [2.75, 3.05) is 5.32 Å². The Bertz CT molecular complexity index is 740. The first kappa shape index (κ1) is 14.8. The van der Waals surface area contributed by atoms with Crippen molar-refractivity contribution < 1.29 is 18.5 Å². The van der Waals surface area contributed by atoms with Crippen molar-refractivity contribution >= 4 is 28.9 Å². The van der Waals surface area contributed by atoms with E-state index in [0.717, 1.165) is 24.4 Å². The predicted molar refractivity (Wildman–Crippen MR) is 70.2 cm³/mol. The second-order valence-electron chi connectivity index (χ2n) is 3.84. The molecule has 1 amide bonds. The van der Waals surface area contributed by atoms with Crippen LogP contribution in [0.3, 0.4) is 0 Å². The van der Waals surface area contributed by atoms with Crippen LogP contribution in [0.4, 0.5) is 20.2 Å². The van der Waals surface area contributed by atoms with E-state index in [9.17, 15) is 23.7 Å². The fourth-order valence-corrected chi connectivity index (χ4v) is 1.67. The van der Waals surface area contributed by atoms with Gasteiger partial charge >= 0.3 is 0 Å². The first-order chi connectivity index (χ1) is 9.90. The van der Waals surface area contributed by atoms with Gasteiger partial charge < -0.3 is 5.32 Å². The van der Waals surface area contributed by atoms with Gasteiger partial charge in [-0.3, -0.25) is 14.9 Å². The van der Waals surface area contributed by atoms with E-state index in [2.05, 4.69) is 10.3 Å². The van der Waals surface area contributed by atoms with Crippen LogP contribution in [0.25, 0.3) is 0 Å². The average molecular weight is 314 g/mol. The number of rotatable bonds is 3. The molecule has 0 unspecified atom stereocenters. The van der Waals surface area contributed by atoms with Gasteiger partial charge in [0.05, 0.1) is 21.2 Å². The molecule has 21 heavy (non-hydrogen) atoms. The van der Waals surface area contributed by atoms with E-state index >= 15 is 0 Å². The number of halogens is 3. The number of carbonyl (C=O) groups is 1. The van der Waals surface area contributed by atoms with Crippen LogP contribution in [0, 0.1) is 21.9 Å². The molecular weight excluding hydrogens is 308 g/mol. The number of nitro groups is 1. The van der Waals surface area contributed by atoms with Crippen molar-refractivity contribution in [2.45, 2.75) is 0 Å². The van der Waals surface area contributed by atoms with Gasteiger partial charge in [0.15, 0.2) is 5.82 Å². The Morgan fingerprint density at radius 2 is 2.05 bits per heavy atom. The second-order valence-corrected chi connectivity index (χ2v) is 4.25. The molecule has 6 nitrogen and oxygen atoms in total. The molecule has 1 heterocycles. The zero-order valence-corrected chi connectivity index (χ0v) is 10.9. The minimum Gasteiger partial charge on any atom is -0.320 e. The van der Waals surface area contributed by atoms with Crippen molar-refractivity contribution in [3.63, 3.8) is 0 Å². The summed E-state index contributed by atoms with van der Waals surface area (Å²) in [7, 11) is 0. The Balaban J connectivity index is 2.33. The summed E-state index contributed by atoms with van der Waals surface area (Å²) in [5.41, 5.74) is -0.992. The number of nitrogens with zero attached hydrogens (tertiary/aromatic N) is 2. The highest BCUT2D eigenvalue weighted by atomic mass is 35.5. The van der Waals surface area contributed by atoms with Crippen molar-refractivity contribution in [2.24, 2.45) is 0 Å². The first-order valence-corrected chi connectivity index (χ1v) is 5.83. The van der Waals surface area contributed by atoms with Crippen LogP contribution in [0.5, 0.6) is 0 Å². The predicted octanol–water partition coefficient (Wildman–Crippen LogP) is 3.17. The summed E-state index contributed by atoms with van der Waals surface area (Å²) in [5.74, 6) is -3.85. The number of amides is 1. The van der Waals surface area contributed by atoms with Crippen LogP contribution < -0.4 is 5.32 Å². The molecule has 0 atom stereocenters. The number of anilines is 1. The highest BCUT2D eigenvalue weighted by Crippen LogP contribution is 2.27. The number of hydrogen-bond donors (Lipinski definition) is 1. The molecule has 0 saturated heterocycles. The van der Waals surface area contributed by atoms with E-state index in [1.54, 1.807) is 0 Å². The summed E-state index contributed by atoms with van der Waals surface area (Å²) >= 11 is 5.79. The topological polar surface area (TPSA) is 85.1 Å². The van der Waals surface area contributed by atoms with Crippen LogP contribution in [0.1, 0.15) is 10.4 Å². The zero-order chi connectivity index (χ0) is 15.6. The fourth-order valence-electron chi connectivity index (χ4n) is 1.51. The monoisotopic (exact) mass is 313 g/mol. The van der Waals surface area contributed by atoms with E-state index in [1.807, 2.05) is 0 Å². The smallest absolute Gasteiger partial charge is 0.271 e. The van der Waals surface area contributed by atoms with Gasteiger partial charge in [0.25, 0.3) is 11.6 Å². The molecular formula is C12H6ClF2N3O3. The van der Waals surface area contributed by atoms with Gasteiger partial charge in [-0.05, 0) is 12.1 Å². The van der Waals surface area contributed by atoms with Crippen molar-refractivity contribution in [1.82, 2.24) is 4.98 Å². The number of pyridine rings is 1. The fraction of sp³-hybridized carbons (Fsp3) is 0. The summed E-state index contributed by atoms with van der Waals surface area (Å²) in [6.07, 6.45) is 0.919. The number of non-ortho nitro benzene ring substituents is 1. The number of benzene rings is 1. The molecule has 2 aromatic rings. The Morgan fingerprint density at radius 3 is 2.71 bits per heavy atom. The molecule has 108 valence electrons. The van der Waals surface area contributed by atoms with Crippen LogP contribution in [0.15, 0.2) is 30.5 Å². The lowest BCUT2D eigenvalue weighted by atomic mass is 10.2. The van der Waals surface area contributed by atoms with Crippen molar-refractivity contribution in [3.8, 4) is 0 Å². The van der Waals surface area contributed by atoms with Crippen molar-refractivity contribution in [1.29, 1.82) is 0 Å². The first-order valence-electron chi connectivity index (χ1n) is 5.45. The molecule has 0 saturated carbocycles. The standard InChI is InChI=1S/C12H6ClF2N3O3/c13-8-2-1-6(18(20)21)5-9(8)17-12(19)7-3-4-16-11(15)10(7)14/h1-5H,(H,17,19). The number of hydrogen-bond acceptors (Lipinski definition) is 4. The highest BCUT2D eigenvalue weighted by molar-refractivity contribution is 6.34. The second kappa shape index (κ2) is 5.80. The van der Waals surface area contributed by atoms with Gasteiger partial charge in [-0.1, -0.05) is 11.6 Å². The van der Waals surface area contributed by atoms with Crippen LogP contribution in [0.2, 0.25) is 5.02 Å². The van der Waals surface area contributed by atoms with E-state index in [1.165, 1.54) is 6.07 Å². The average Bonchev–Trinajstić information content (AvgIpc) is 2.43. The van der Waals surface area contributed by atoms with Gasteiger partial charge in [-0.25, -0.2) is 9.37 Å². The molecule has 9 heteroatoms. The maximum Gasteiger partial charge on any atom is 0.271 e. The number of aromatic nitrogens is 1. The molecule has 0 fully saturated rings. The van der Waals surface area contributed by atoms with Crippen molar-refractivity contribution in [3.05, 3.63) is 62.9 Å². The molecule has 0 aliphatic carbocycles. The molecule has 1 N–H and O–H groups in total. The van der Waals surface area contributed by atoms with E-state index in [0.29, 0.717) is 0 Å². The van der Waals surface area contributed by atoms with E-state index in [-0.39, 0.29) is 16.4 Å². The summed E-state index contributed by atoms with van der Waals surface area (Å²) in [4.78, 5) is 24.9. The van der Waals surface area contributed by atoms with Gasteiger partial charge in [0, 0.05) is 18.3 Å². The molecule has 0 radical (unpaired) electrons. The lowest BCUT2D eigenvalue weighted by Crippen LogP contribution is -2.15. The van der Waals surface area contributed by atoms with Gasteiger partial charge in [-0.2, -0.15) is 4.39 Å². The maximum absolute atomic E-state index is 13.4. The molecule has 0 bridgehead atoms. The molecule has 0 aliphatic heterocycles. The SMILES string of the molecule is O=C(Nc1cc([N+](=O)[O-])ccc1Cl)c1ccnc(F)c1F. The minimum atomic E-state index is -1.42. The normalized spacial score (nSPS) is 10.2. The number of nitro benzene ring substituents is 1. The molecule has 1 aromatic carbocycles. The summed E-state index contributed by atoms with van der Waals surface area (Å²) in [6.45, 7) is 0. The third-order valence-electron chi connectivity index (χ3n) is 2.50. The summed E-state index contributed by atoms with van der Waals surface area (Å²) < 4.78 is 26.4. The third-order valence-corrected chi connectivity index (χ3v) is 2.83. The zero-order valence-electron chi connectivity index (χ0n) is 10.1. The third kappa shape index (κ3) is 3.11.